The highest BCUT2D eigenvalue weighted by Crippen LogP contribution is 2.31. The van der Waals surface area contributed by atoms with E-state index in [1.165, 1.54) is 0 Å². The smallest absolute Gasteiger partial charge is 0.315 e. The fourth-order valence-corrected chi connectivity index (χ4v) is 2.79. The minimum atomic E-state index is -0.555. The molecule has 3 N–H and O–H groups in total. The monoisotopic (exact) mass is 276 g/mol. The Labute approximate surface area is 118 Å². The minimum absolute atomic E-state index is 0.0452. The van der Waals surface area contributed by atoms with E-state index in [4.69, 9.17) is 4.74 Å². The largest absolute Gasteiger partial charge is 0.390 e. The molecule has 0 spiro atoms. The molecule has 1 fully saturated rings. The van der Waals surface area contributed by atoms with Gasteiger partial charge < -0.3 is 20.5 Å². The highest BCUT2D eigenvalue weighted by molar-refractivity contribution is 5.74. The molecule has 2 aliphatic rings. The van der Waals surface area contributed by atoms with Crippen molar-refractivity contribution in [2.75, 3.05) is 19.8 Å². The molecule has 1 saturated heterocycles. The van der Waals surface area contributed by atoms with Gasteiger partial charge in [0.15, 0.2) is 0 Å². The summed E-state index contributed by atoms with van der Waals surface area (Å²) in [4.78, 5) is 12.0. The van der Waals surface area contributed by atoms with E-state index >= 15 is 0 Å². The molecule has 5 heteroatoms. The predicted octanol–water partition coefficient (Wildman–Crippen LogP) is 0.980. The maximum Gasteiger partial charge on any atom is 0.315 e. The van der Waals surface area contributed by atoms with Crippen LogP contribution in [0.3, 0.4) is 0 Å². The molecule has 0 saturated carbocycles. The predicted molar refractivity (Wildman–Crippen MR) is 74.4 cm³/mol. The molecule has 2 atom stereocenters. The van der Waals surface area contributed by atoms with Crippen LogP contribution in [0.1, 0.15) is 24.1 Å². The van der Waals surface area contributed by atoms with Gasteiger partial charge in [-0.15, -0.1) is 0 Å². The summed E-state index contributed by atoms with van der Waals surface area (Å²) in [5.74, 6) is 0. The van der Waals surface area contributed by atoms with Gasteiger partial charge in [-0.25, -0.2) is 4.79 Å². The van der Waals surface area contributed by atoms with Crippen LogP contribution in [-0.2, 0) is 11.2 Å². The highest BCUT2D eigenvalue weighted by atomic mass is 16.5. The van der Waals surface area contributed by atoms with Crippen molar-refractivity contribution in [1.29, 1.82) is 0 Å². The van der Waals surface area contributed by atoms with Crippen molar-refractivity contribution in [3.05, 3.63) is 35.4 Å². The zero-order valence-electron chi connectivity index (χ0n) is 11.6. The third-order valence-corrected chi connectivity index (χ3v) is 4.07. The van der Waals surface area contributed by atoms with Crippen LogP contribution < -0.4 is 10.6 Å². The van der Waals surface area contributed by atoms with Crippen molar-refractivity contribution >= 4 is 6.03 Å². The molecule has 2 unspecified atom stereocenters. The van der Waals surface area contributed by atoms with E-state index in [2.05, 4.69) is 17.6 Å². The van der Waals surface area contributed by atoms with Crippen LogP contribution in [0.4, 0.5) is 4.79 Å². The van der Waals surface area contributed by atoms with Crippen LogP contribution in [0, 0.1) is 5.41 Å². The summed E-state index contributed by atoms with van der Waals surface area (Å²) in [6, 6.07) is 7.26. The first-order chi connectivity index (χ1) is 9.57. The lowest BCUT2D eigenvalue weighted by Crippen LogP contribution is -2.51. The van der Waals surface area contributed by atoms with Crippen LogP contribution in [-0.4, -0.2) is 37.0 Å². The van der Waals surface area contributed by atoms with Gasteiger partial charge in [0.2, 0.25) is 0 Å². The van der Waals surface area contributed by atoms with Crippen molar-refractivity contribution in [2.45, 2.75) is 25.5 Å². The van der Waals surface area contributed by atoms with Gasteiger partial charge in [-0.05, 0) is 11.1 Å². The van der Waals surface area contributed by atoms with Crippen molar-refractivity contribution in [3.63, 3.8) is 0 Å². The fraction of sp³-hybridized carbons (Fsp3) is 0.533. The Hall–Kier alpha value is -1.59. The summed E-state index contributed by atoms with van der Waals surface area (Å²) in [7, 11) is 0. The van der Waals surface area contributed by atoms with Crippen molar-refractivity contribution < 1.29 is 14.6 Å². The Morgan fingerprint density at radius 1 is 1.45 bits per heavy atom. The Balaban J connectivity index is 1.58. The number of ether oxygens (including phenoxy) is 1. The van der Waals surface area contributed by atoms with Gasteiger partial charge in [0.05, 0.1) is 25.4 Å². The van der Waals surface area contributed by atoms with Crippen molar-refractivity contribution in [2.24, 2.45) is 5.41 Å². The molecule has 1 aliphatic heterocycles. The Morgan fingerprint density at radius 2 is 2.20 bits per heavy atom. The standard InChI is InChI=1S/C15H20N2O3/c1-15(8-20-9-15)7-16-14(19)17-13-11-5-3-2-4-10(11)6-12(13)18/h2-5,12-13,18H,6-9H2,1H3,(H2,16,17,19). The number of aliphatic hydroxyl groups excluding tert-OH is 1. The number of nitrogens with one attached hydrogen (secondary N) is 2. The molecule has 3 rings (SSSR count). The molecule has 0 bridgehead atoms. The van der Waals surface area contributed by atoms with Crippen LogP contribution in [0.5, 0.6) is 0 Å². The molecule has 20 heavy (non-hydrogen) atoms. The zero-order chi connectivity index (χ0) is 14.2. The number of aliphatic hydroxyl groups is 1. The number of carbonyl (C=O) groups excluding carboxylic acids is 1. The molecular weight excluding hydrogens is 256 g/mol. The number of amides is 2. The number of hydrogen-bond donors (Lipinski definition) is 3. The highest BCUT2D eigenvalue weighted by Gasteiger charge is 2.35. The second-order valence-electron chi connectivity index (χ2n) is 6.08. The Morgan fingerprint density at radius 3 is 2.90 bits per heavy atom. The quantitative estimate of drug-likeness (QED) is 0.770. The molecule has 2 amide bonds. The first-order valence-electron chi connectivity index (χ1n) is 6.95. The van der Waals surface area contributed by atoms with Crippen molar-refractivity contribution in [1.82, 2.24) is 10.6 Å². The number of fused-ring (bicyclic) bond motifs is 1. The van der Waals surface area contributed by atoms with Crippen LogP contribution >= 0.6 is 0 Å². The summed E-state index contributed by atoms with van der Waals surface area (Å²) in [5, 5.41) is 15.8. The molecule has 1 heterocycles. The fourth-order valence-electron chi connectivity index (χ4n) is 2.79. The maximum absolute atomic E-state index is 12.0. The topological polar surface area (TPSA) is 70.6 Å². The maximum atomic E-state index is 12.0. The van der Waals surface area contributed by atoms with Gasteiger partial charge in [-0.2, -0.15) is 0 Å². The van der Waals surface area contributed by atoms with Crippen molar-refractivity contribution in [3.8, 4) is 0 Å². The van der Waals surface area contributed by atoms with E-state index < -0.39 is 6.10 Å². The van der Waals surface area contributed by atoms with E-state index in [1.807, 2.05) is 24.3 Å². The number of rotatable bonds is 3. The lowest BCUT2D eigenvalue weighted by Gasteiger charge is -2.38. The molecule has 0 radical (unpaired) electrons. The third kappa shape index (κ3) is 2.51. The van der Waals surface area contributed by atoms with E-state index in [0.29, 0.717) is 26.2 Å². The number of hydrogen-bond acceptors (Lipinski definition) is 3. The Kier molecular flexibility index (Phi) is 3.40. The lowest BCUT2D eigenvalue weighted by atomic mass is 9.89. The molecule has 108 valence electrons. The van der Waals surface area contributed by atoms with E-state index in [9.17, 15) is 9.90 Å². The number of urea groups is 1. The van der Waals surface area contributed by atoms with Crippen LogP contribution in [0.15, 0.2) is 24.3 Å². The first-order valence-corrected chi connectivity index (χ1v) is 6.95. The molecule has 0 aromatic heterocycles. The van der Waals surface area contributed by atoms with E-state index in [0.717, 1.165) is 11.1 Å². The average molecular weight is 276 g/mol. The number of benzene rings is 1. The van der Waals surface area contributed by atoms with Gasteiger partial charge in [0, 0.05) is 18.4 Å². The van der Waals surface area contributed by atoms with E-state index in [1.54, 1.807) is 0 Å². The van der Waals surface area contributed by atoms with Crippen LogP contribution in [0.25, 0.3) is 0 Å². The normalized spacial score (nSPS) is 26.5. The van der Waals surface area contributed by atoms with Gasteiger partial charge in [0.1, 0.15) is 0 Å². The second-order valence-corrected chi connectivity index (χ2v) is 6.08. The Bertz CT molecular complexity index is 514. The summed E-state index contributed by atoms with van der Waals surface area (Å²) in [6.45, 7) is 4.03. The van der Waals surface area contributed by atoms with E-state index in [-0.39, 0.29) is 17.5 Å². The summed E-state index contributed by atoms with van der Waals surface area (Å²) < 4.78 is 5.16. The molecule has 1 aliphatic carbocycles. The summed E-state index contributed by atoms with van der Waals surface area (Å²) in [5.41, 5.74) is 2.15. The third-order valence-electron chi connectivity index (χ3n) is 4.07. The molecule has 5 nitrogen and oxygen atoms in total. The van der Waals surface area contributed by atoms with Gasteiger partial charge in [-0.3, -0.25) is 0 Å². The molecule has 1 aromatic rings. The summed E-state index contributed by atoms with van der Waals surface area (Å²) >= 11 is 0. The van der Waals surface area contributed by atoms with Gasteiger partial charge in [-0.1, -0.05) is 31.2 Å². The van der Waals surface area contributed by atoms with Gasteiger partial charge in [0.25, 0.3) is 0 Å². The lowest BCUT2D eigenvalue weighted by molar-refractivity contribution is -0.0976. The molecule has 1 aromatic carbocycles. The average Bonchev–Trinajstić information content (AvgIpc) is 2.71. The number of carbonyl (C=O) groups is 1. The second kappa shape index (κ2) is 5.07. The SMILES string of the molecule is CC1(CNC(=O)NC2c3ccccc3CC2O)COC1. The molecular formula is C15H20N2O3. The zero-order valence-corrected chi connectivity index (χ0v) is 11.6. The first kappa shape index (κ1) is 13.4. The van der Waals surface area contributed by atoms with Gasteiger partial charge >= 0.3 is 6.03 Å². The van der Waals surface area contributed by atoms with Crippen LogP contribution in [0.2, 0.25) is 0 Å². The summed E-state index contributed by atoms with van der Waals surface area (Å²) in [6.07, 6.45) is 0.0351. The minimum Gasteiger partial charge on any atom is -0.390 e.